The highest BCUT2D eigenvalue weighted by molar-refractivity contribution is 7.89. The number of rotatable bonds is 6. The Balaban J connectivity index is 1.29. The van der Waals surface area contributed by atoms with Crippen LogP contribution in [0.25, 0.3) is 0 Å². The smallest absolute Gasteiger partial charge is 0.251 e. The number of benzene rings is 1. The standard InChI is InChI=1S/C24H34N2O4S/c1-2-22(24-14-17-11-18(15-24)13-19(12-17)16-24)25-23(27)20-3-5-21(6-4-20)31(28,29)26-7-9-30-10-8-26/h3-6,17-19,22H,2,7-16H2,1H3,(H,25,27)/t17?,18?,19?,22-,24?/m0/s1. The second kappa shape index (κ2) is 8.16. The highest BCUT2D eigenvalue weighted by atomic mass is 32.2. The van der Waals surface area contributed by atoms with Gasteiger partial charge in [0.2, 0.25) is 10.0 Å². The van der Waals surface area contributed by atoms with Gasteiger partial charge in [0.25, 0.3) is 5.91 Å². The monoisotopic (exact) mass is 446 g/mol. The van der Waals surface area contributed by atoms with Crippen LogP contribution in [0.1, 0.15) is 62.2 Å². The summed E-state index contributed by atoms with van der Waals surface area (Å²) in [5.41, 5.74) is 0.794. The van der Waals surface area contributed by atoms with Crippen molar-refractivity contribution in [3.63, 3.8) is 0 Å². The molecule has 1 aromatic carbocycles. The van der Waals surface area contributed by atoms with Gasteiger partial charge in [-0.15, -0.1) is 0 Å². The number of sulfonamides is 1. The van der Waals surface area contributed by atoms with Crippen molar-refractivity contribution in [3.05, 3.63) is 29.8 Å². The molecule has 6 nitrogen and oxygen atoms in total. The van der Waals surface area contributed by atoms with Crippen LogP contribution in [0.15, 0.2) is 29.2 Å². The zero-order valence-electron chi connectivity index (χ0n) is 18.4. The molecular weight excluding hydrogens is 412 g/mol. The minimum Gasteiger partial charge on any atom is -0.379 e. The summed E-state index contributed by atoms with van der Waals surface area (Å²) in [6.45, 7) is 3.76. The number of nitrogens with one attached hydrogen (secondary N) is 1. The minimum absolute atomic E-state index is 0.0853. The molecule has 1 atom stereocenters. The quantitative estimate of drug-likeness (QED) is 0.726. The lowest BCUT2D eigenvalue weighted by Gasteiger charge is -2.59. The maximum Gasteiger partial charge on any atom is 0.251 e. The van der Waals surface area contributed by atoms with Crippen molar-refractivity contribution in [1.29, 1.82) is 0 Å². The van der Waals surface area contributed by atoms with E-state index >= 15 is 0 Å². The Hall–Kier alpha value is -1.44. The summed E-state index contributed by atoms with van der Waals surface area (Å²) in [4.78, 5) is 13.3. The molecule has 6 rings (SSSR count). The van der Waals surface area contributed by atoms with Gasteiger partial charge < -0.3 is 10.1 Å². The highest BCUT2D eigenvalue weighted by Gasteiger charge is 2.54. The Morgan fingerprint density at radius 3 is 2.13 bits per heavy atom. The molecule has 1 aromatic rings. The van der Waals surface area contributed by atoms with Crippen LogP contribution >= 0.6 is 0 Å². The number of morpholine rings is 1. The second-order valence-corrected chi connectivity index (χ2v) is 12.2. The molecule has 7 heteroatoms. The van der Waals surface area contributed by atoms with E-state index in [1.165, 1.54) is 42.8 Å². The van der Waals surface area contributed by atoms with Crippen molar-refractivity contribution in [2.75, 3.05) is 26.3 Å². The highest BCUT2D eigenvalue weighted by Crippen LogP contribution is 2.61. The number of carbonyl (C=O) groups excluding carboxylic acids is 1. The van der Waals surface area contributed by atoms with Gasteiger partial charge in [-0.2, -0.15) is 4.31 Å². The van der Waals surface area contributed by atoms with Gasteiger partial charge >= 0.3 is 0 Å². The van der Waals surface area contributed by atoms with Gasteiger partial charge in [-0.05, 0) is 92.4 Å². The van der Waals surface area contributed by atoms with Crippen molar-refractivity contribution < 1.29 is 17.9 Å². The van der Waals surface area contributed by atoms with Gasteiger partial charge in [0.1, 0.15) is 0 Å². The second-order valence-electron chi connectivity index (χ2n) is 10.3. The van der Waals surface area contributed by atoms with Crippen LogP contribution < -0.4 is 5.32 Å². The predicted molar refractivity (Wildman–Crippen MR) is 118 cm³/mol. The molecule has 31 heavy (non-hydrogen) atoms. The Morgan fingerprint density at radius 1 is 1.06 bits per heavy atom. The fourth-order valence-corrected chi connectivity index (χ4v) is 8.66. The van der Waals surface area contributed by atoms with Crippen LogP contribution in [0, 0.1) is 23.2 Å². The van der Waals surface area contributed by atoms with E-state index < -0.39 is 10.0 Å². The maximum atomic E-state index is 13.1. The van der Waals surface area contributed by atoms with Gasteiger partial charge in [-0.25, -0.2) is 8.42 Å². The van der Waals surface area contributed by atoms with E-state index in [-0.39, 0.29) is 22.3 Å². The fraction of sp³-hybridized carbons (Fsp3) is 0.708. The molecule has 1 heterocycles. The molecule has 0 radical (unpaired) electrons. The van der Waals surface area contributed by atoms with E-state index in [1.54, 1.807) is 24.3 Å². The lowest BCUT2D eigenvalue weighted by molar-refractivity contribution is -0.0727. The van der Waals surface area contributed by atoms with Crippen molar-refractivity contribution in [3.8, 4) is 0 Å². The summed E-state index contributed by atoms with van der Waals surface area (Å²) in [5.74, 6) is 2.46. The van der Waals surface area contributed by atoms with E-state index in [0.717, 1.165) is 24.2 Å². The molecule has 1 saturated heterocycles. The largest absolute Gasteiger partial charge is 0.379 e. The molecule has 5 aliphatic rings. The van der Waals surface area contributed by atoms with Crippen molar-refractivity contribution >= 4 is 15.9 Å². The van der Waals surface area contributed by atoms with Gasteiger partial charge in [-0.1, -0.05) is 6.92 Å². The topological polar surface area (TPSA) is 75.7 Å². The van der Waals surface area contributed by atoms with Gasteiger partial charge in [0.15, 0.2) is 0 Å². The Bertz CT molecular complexity index is 886. The SMILES string of the molecule is CC[C@H](NC(=O)c1ccc(S(=O)(=O)N2CCOCC2)cc1)C12CC3CC(CC(C3)C1)C2. The number of nitrogens with zero attached hydrogens (tertiary/aromatic N) is 1. The molecule has 5 fully saturated rings. The molecule has 4 aliphatic carbocycles. The molecular formula is C24H34N2O4S. The van der Waals surface area contributed by atoms with E-state index in [0.29, 0.717) is 31.9 Å². The molecule has 1 amide bonds. The molecule has 4 saturated carbocycles. The zero-order chi connectivity index (χ0) is 21.6. The Morgan fingerprint density at radius 2 is 1.61 bits per heavy atom. The fourth-order valence-electron chi connectivity index (χ4n) is 7.25. The first-order valence-electron chi connectivity index (χ1n) is 11.9. The van der Waals surface area contributed by atoms with Crippen molar-refractivity contribution in [2.24, 2.45) is 23.2 Å². The zero-order valence-corrected chi connectivity index (χ0v) is 19.2. The molecule has 170 valence electrons. The van der Waals surface area contributed by atoms with Gasteiger partial charge in [-0.3, -0.25) is 4.79 Å². The number of amides is 1. The van der Waals surface area contributed by atoms with Crippen LogP contribution in [0.5, 0.6) is 0 Å². The molecule has 1 N–H and O–H groups in total. The van der Waals surface area contributed by atoms with Crippen LogP contribution in [-0.4, -0.2) is 51.0 Å². The van der Waals surface area contributed by atoms with Crippen LogP contribution in [0.3, 0.4) is 0 Å². The molecule has 0 spiro atoms. The van der Waals surface area contributed by atoms with Gasteiger partial charge in [0, 0.05) is 24.7 Å². The summed E-state index contributed by atoms with van der Waals surface area (Å²) in [5, 5.41) is 3.35. The number of hydrogen-bond donors (Lipinski definition) is 1. The predicted octanol–water partition coefficient (Wildman–Crippen LogP) is 3.43. The molecule has 0 aromatic heterocycles. The lowest BCUT2D eigenvalue weighted by Crippen LogP contribution is -2.56. The minimum atomic E-state index is -3.54. The van der Waals surface area contributed by atoms with Crippen LogP contribution in [0.2, 0.25) is 0 Å². The van der Waals surface area contributed by atoms with E-state index in [9.17, 15) is 13.2 Å². The van der Waals surface area contributed by atoms with Crippen LogP contribution in [-0.2, 0) is 14.8 Å². The summed E-state index contributed by atoms with van der Waals surface area (Å²) >= 11 is 0. The third-order valence-corrected chi connectivity index (χ3v) is 10.2. The summed E-state index contributed by atoms with van der Waals surface area (Å²) in [6.07, 6.45) is 8.90. The molecule has 1 aliphatic heterocycles. The van der Waals surface area contributed by atoms with E-state index in [4.69, 9.17) is 4.74 Å². The van der Waals surface area contributed by atoms with Crippen molar-refractivity contribution in [2.45, 2.75) is 62.8 Å². The first kappa shape index (κ1) is 21.4. The summed E-state index contributed by atoms with van der Waals surface area (Å²) < 4.78 is 32.4. The Kier molecular flexibility index (Phi) is 5.64. The van der Waals surface area contributed by atoms with Gasteiger partial charge in [0.05, 0.1) is 18.1 Å². The molecule has 0 unspecified atom stereocenters. The lowest BCUT2D eigenvalue weighted by atomic mass is 9.47. The molecule has 4 bridgehead atoms. The van der Waals surface area contributed by atoms with Crippen molar-refractivity contribution in [1.82, 2.24) is 9.62 Å². The number of carbonyl (C=O) groups is 1. The third-order valence-electron chi connectivity index (χ3n) is 8.26. The summed E-state index contributed by atoms with van der Waals surface area (Å²) in [6, 6.07) is 6.62. The third kappa shape index (κ3) is 3.93. The first-order valence-corrected chi connectivity index (χ1v) is 13.3. The van der Waals surface area contributed by atoms with E-state index in [1.807, 2.05) is 0 Å². The number of hydrogen-bond acceptors (Lipinski definition) is 4. The maximum absolute atomic E-state index is 13.1. The average Bonchev–Trinajstić information content (AvgIpc) is 2.77. The normalized spacial score (nSPS) is 33.9. The van der Waals surface area contributed by atoms with E-state index in [2.05, 4.69) is 12.2 Å². The summed E-state index contributed by atoms with van der Waals surface area (Å²) in [7, 11) is -3.54. The number of ether oxygens (including phenoxy) is 1. The first-order chi connectivity index (χ1) is 14.9. The van der Waals surface area contributed by atoms with Crippen LogP contribution in [0.4, 0.5) is 0 Å². The Labute approximate surface area is 185 Å². The average molecular weight is 447 g/mol.